The van der Waals surface area contributed by atoms with E-state index in [9.17, 15) is 0 Å². The number of anilines is 1. The van der Waals surface area contributed by atoms with Crippen molar-refractivity contribution in [2.24, 2.45) is 0 Å². The number of hydrogen-bond donors (Lipinski definition) is 1. The van der Waals surface area contributed by atoms with Crippen LogP contribution >= 0.6 is 23.3 Å². The fraction of sp³-hybridized carbons (Fsp3) is 0.286. The standard InChI is InChI=1S/C7H9N3S2/c1-5-4-11-10(9-5)7-8-3-6(2)12-7/h3-4,9H,1-2H3. The fourth-order valence-corrected chi connectivity index (χ4v) is 2.39. The van der Waals surface area contributed by atoms with Crippen LogP contribution in [0.4, 0.5) is 5.13 Å². The van der Waals surface area contributed by atoms with Gasteiger partial charge in [-0.05, 0) is 13.8 Å². The van der Waals surface area contributed by atoms with E-state index in [2.05, 4.69) is 22.7 Å². The van der Waals surface area contributed by atoms with E-state index in [1.54, 1.807) is 23.3 Å². The SMILES string of the molecule is CC1=CSN(c2ncc(C)s2)N1. The van der Waals surface area contributed by atoms with Gasteiger partial charge in [-0.3, -0.25) is 5.43 Å². The first-order chi connectivity index (χ1) is 5.75. The maximum Gasteiger partial charge on any atom is 0.215 e. The first-order valence-electron chi connectivity index (χ1n) is 3.58. The molecule has 5 heteroatoms. The van der Waals surface area contributed by atoms with Crippen LogP contribution in [0.5, 0.6) is 0 Å². The van der Waals surface area contributed by atoms with Crippen molar-refractivity contribution in [3.63, 3.8) is 0 Å². The van der Waals surface area contributed by atoms with Crippen LogP contribution in [0.25, 0.3) is 0 Å². The van der Waals surface area contributed by atoms with Gasteiger partial charge in [0.1, 0.15) is 0 Å². The molecule has 0 saturated carbocycles. The van der Waals surface area contributed by atoms with E-state index in [4.69, 9.17) is 0 Å². The number of aromatic nitrogens is 1. The van der Waals surface area contributed by atoms with Crippen molar-refractivity contribution in [3.05, 3.63) is 22.2 Å². The first kappa shape index (κ1) is 7.94. The number of rotatable bonds is 1. The van der Waals surface area contributed by atoms with Crippen molar-refractivity contribution in [1.29, 1.82) is 0 Å². The lowest BCUT2D eigenvalue weighted by Crippen LogP contribution is -2.24. The quantitative estimate of drug-likeness (QED) is 0.702. The predicted molar refractivity (Wildman–Crippen MR) is 53.8 cm³/mol. The second-order valence-corrected chi connectivity index (χ2v) is 4.59. The van der Waals surface area contributed by atoms with Gasteiger partial charge in [0.25, 0.3) is 0 Å². The van der Waals surface area contributed by atoms with Crippen LogP contribution in [0, 0.1) is 6.92 Å². The lowest BCUT2D eigenvalue weighted by atomic mass is 10.6. The Morgan fingerprint density at radius 2 is 2.33 bits per heavy atom. The van der Waals surface area contributed by atoms with Crippen LogP contribution in [-0.4, -0.2) is 4.98 Å². The molecule has 0 spiro atoms. The Hall–Kier alpha value is -0.680. The zero-order valence-electron chi connectivity index (χ0n) is 6.87. The summed E-state index contributed by atoms with van der Waals surface area (Å²) >= 11 is 3.31. The lowest BCUT2D eigenvalue weighted by molar-refractivity contribution is 0.903. The number of nitrogens with one attached hydrogen (secondary N) is 1. The molecule has 0 aliphatic carbocycles. The van der Waals surface area contributed by atoms with Crippen LogP contribution < -0.4 is 9.84 Å². The Morgan fingerprint density at radius 1 is 1.50 bits per heavy atom. The van der Waals surface area contributed by atoms with Crippen molar-refractivity contribution in [2.75, 3.05) is 4.41 Å². The van der Waals surface area contributed by atoms with Crippen LogP contribution in [0.3, 0.4) is 0 Å². The monoisotopic (exact) mass is 199 g/mol. The van der Waals surface area contributed by atoms with Gasteiger partial charge >= 0.3 is 0 Å². The molecule has 64 valence electrons. The van der Waals surface area contributed by atoms with Crippen LogP contribution in [0.2, 0.25) is 0 Å². The van der Waals surface area contributed by atoms with Gasteiger partial charge in [0.15, 0.2) is 0 Å². The summed E-state index contributed by atoms with van der Waals surface area (Å²) in [6.45, 7) is 4.09. The molecule has 2 rings (SSSR count). The molecule has 1 aliphatic heterocycles. The molecule has 0 radical (unpaired) electrons. The maximum atomic E-state index is 4.26. The van der Waals surface area contributed by atoms with Gasteiger partial charge in [-0.1, -0.05) is 11.3 Å². The van der Waals surface area contributed by atoms with Crippen molar-refractivity contribution in [2.45, 2.75) is 13.8 Å². The Balaban J connectivity index is 2.13. The van der Waals surface area contributed by atoms with Crippen molar-refractivity contribution >= 4 is 28.4 Å². The summed E-state index contributed by atoms with van der Waals surface area (Å²) in [5.74, 6) is 0. The molecular weight excluding hydrogens is 190 g/mol. The highest BCUT2D eigenvalue weighted by Crippen LogP contribution is 2.29. The molecule has 1 aromatic heterocycles. The Morgan fingerprint density at radius 3 is 2.83 bits per heavy atom. The average molecular weight is 199 g/mol. The average Bonchev–Trinajstić information content (AvgIpc) is 2.58. The fourth-order valence-electron chi connectivity index (χ4n) is 0.874. The van der Waals surface area contributed by atoms with Gasteiger partial charge in [0, 0.05) is 34.1 Å². The molecule has 0 saturated heterocycles. The molecule has 3 nitrogen and oxygen atoms in total. The minimum atomic E-state index is 1.01. The van der Waals surface area contributed by atoms with Crippen molar-refractivity contribution in [3.8, 4) is 0 Å². The number of thiazole rings is 1. The molecule has 12 heavy (non-hydrogen) atoms. The number of allylic oxidation sites excluding steroid dienone is 1. The summed E-state index contributed by atoms with van der Waals surface area (Å²) in [4.78, 5) is 5.49. The third kappa shape index (κ3) is 1.42. The highest BCUT2D eigenvalue weighted by molar-refractivity contribution is 8.03. The van der Waals surface area contributed by atoms with Gasteiger partial charge in [-0.2, -0.15) is 4.41 Å². The summed E-state index contributed by atoms with van der Waals surface area (Å²) < 4.78 is 1.97. The Labute approximate surface area is 79.6 Å². The number of aryl methyl sites for hydroxylation is 1. The van der Waals surface area contributed by atoms with Gasteiger partial charge in [0.2, 0.25) is 5.13 Å². The molecule has 0 aromatic carbocycles. The predicted octanol–water partition coefficient (Wildman–Crippen LogP) is 2.29. The van der Waals surface area contributed by atoms with Gasteiger partial charge < -0.3 is 0 Å². The molecule has 0 unspecified atom stereocenters. The highest BCUT2D eigenvalue weighted by atomic mass is 32.2. The first-order valence-corrected chi connectivity index (χ1v) is 5.24. The van der Waals surface area contributed by atoms with E-state index >= 15 is 0 Å². The van der Waals surface area contributed by atoms with E-state index in [1.807, 2.05) is 17.5 Å². The summed E-state index contributed by atoms with van der Waals surface area (Å²) in [5.41, 5.74) is 4.35. The van der Waals surface area contributed by atoms with E-state index in [-0.39, 0.29) is 0 Å². The van der Waals surface area contributed by atoms with E-state index in [1.165, 1.54) is 4.88 Å². The number of nitrogens with zero attached hydrogens (tertiary/aromatic N) is 2. The summed E-state index contributed by atoms with van der Waals surface area (Å²) in [6.07, 6.45) is 1.88. The lowest BCUT2D eigenvalue weighted by Gasteiger charge is -2.12. The highest BCUT2D eigenvalue weighted by Gasteiger charge is 2.14. The van der Waals surface area contributed by atoms with Crippen LogP contribution in [0.1, 0.15) is 11.8 Å². The third-order valence-electron chi connectivity index (χ3n) is 1.40. The zero-order chi connectivity index (χ0) is 8.55. The Bertz CT molecular complexity index is 318. The van der Waals surface area contributed by atoms with Crippen LogP contribution in [-0.2, 0) is 0 Å². The molecule has 1 aromatic rings. The van der Waals surface area contributed by atoms with E-state index < -0.39 is 0 Å². The summed E-state index contributed by atoms with van der Waals surface area (Å²) in [5, 5.41) is 3.07. The molecule has 1 N–H and O–H groups in total. The molecular formula is C7H9N3S2. The topological polar surface area (TPSA) is 28.2 Å². The largest absolute Gasteiger partial charge is 0.290 e. The van der Waals surface area contributed by atoms with E-state index in [0.29, 0.717) is 0 Å². The van der Waals surface area contributed by atoms with Crippen molar-refractivity contribution in [1.82, 2.24) is 10.4 Å². The third-order valence-corrected chi connectivity index (χ3v) is 3.34. The second-order valence-electron chi connectivity index (χ2n) is 2.57. The number of hydrogen-bond acceptors (Lipinski definition) is 5. The molecule has 0 atom stereocenters. The maximum absolute atomic E-state index is 4.26. The van der Waals surface area contributed by atoms with E-state index in [0.717, 1.165) is 10.8 Å². The van der Waals surface area contributed by atoms with Gasteiger partial charge in [-0.25, -0.2) is 4.98 Å². The van der Waals surface area contributed by atoms with Gasteiger partial charge in [-0.15, -0.1) is 0 Å². The minimum absolute atomic E-state index is 1.01. The van der Waals surface area contributed by atoms with Crippen LogP contribution in [0.15, 0.2) is 17.3 Å². The molecule has 1 aliphatic rings. The second kappa shape index (κ2) is 2.99. The van der Waals surface area contributed by atoms with Crippen molar-refractivity contribution < 1.29 is 0 Å². The summed E-state index contributed by atoms with van der Waals surface area (Å²) in [7, 11) is 0. The molecule has 2 heterocycles. The minimum Gasteiger partial charge on any atom is -0.290 e. The Kier molecular flexibility index (Phi) is 1.98. The molecule has 0 amide bonds. The summed E-state index contributed by atoms with van der Waals surface area (Å²) in [6, 6.07) is 0. The normalized spacial score (nSPS) is 16.2. The zero-order valence-corrected chi connectivity index (χ0v) is 8.50. The van der Waals surface area contributed by atoms with Gasteiger partial charge in [0.05, 0.1) is 0 Å². The molecule has 0 bridgehead atoms. The molecule has 0 fully saturated rings. The smallest absolute Gasteiger partial charge is 0.215 e. The number of hydrazine groups is 1.